The van der Waals surface area contributed by atoms with Crippen LogP contribution in [-0.4, -0.2) is 28.7 Å². The van der Waals surface area contributed by atoms with E-state index in [1.54, 1.807) is 6.08 Å². The minimum Gasteiger partial charge on any atom is -0.395 e. The van der Waals surface area contributed by atoms with Crippen molar-refractivity contribution in [3.05, 3.63) is 58.4 Å². The monoisotopic (exact) mass is 323 g/mol. The molecule has 0 atom stereocenters. The number of aromatic nitrogens is 1. The number of benzene rings is 1. The number of nitrogens with zero attached hydrogens (tertiary/aromatic N) is 2. The molecule has 0 saturated carbocycles. The Labute approximate surface area is 141 Å². The zero-order valence-corrected chi connectivity index (χ0v) is 14.1. The van der Waals surface area contributed by atoms with Gasteiger partial charge in [-0.2, -0.15) is 5.26 Å². The van der Waals surface area contributed by atoms with Gasteiger partial charge in [-0.15, -0.1) is 0 Å². The van der Waals surface area contributed by atoms with Gasteiger partial charge in [0.1, 0.15) is 11.6 Å². The lowest BCUT2D eigenvalue weighted by molar-refractivity contribution is -0.117. The lowest BCUT2D eigenvalue weighted by Crippen LogP contribution is -2.27. The van der Waals surface area contributed by atoms with Crippen molar-refractivity contribution in [1.82, 2.24) is 9.88 Å². The van der Waals surface area contributed by atoms with Crippen molar-refractivity contribution in [3.8, 4) is 11.8 Å². The first-order chi connectivity index (χ1) is 11.5. The molecule has 2 rings (SSSR count). The van der Waals surface area contributed by atoms with Gasteiger partial charge in [-0.05, 0) is 50.1 Å². The molecule has 0 aliphatic heterocycles. The molecule has 5 nitrogen and oxygen atoms in total. The van der Waals surface area contributed by atoms with Crippen LogP contribution in [0.25, 0.3) is 11.8 Å². The number of rotatable bonds is 5. The van der Waals surface area contributed by atoms with E-state index in [1.165, 1.54) is 0 Å². The van der Waals surface area contributed by atoms with Gasteiger partial charge in [-0.3, -0.25) is 4.79 Å². The second kappa shape index (κ2) is 7.62. The van der Waals surface area contributed by atoms with Gasteiger partial charge in [-0.1, -0.05) is 18.2 Å². The summed E-state index contributed by atoms with van der Waals surface area (Å²) in [5.41, 5.74) is 5.07. The van der Waals surface area contributed by atoms with Crippen LogP contribution in [0.5, 0.6) is 0 Å². The number of carbonyl (C=O) groups is 1. The summed E-state index contributed by atoms with van der Waals surface area (Å²) in [7, 11) is 0. The Morgan fingerprint density at radius 3 is 2.67 bits per heavy atom. The van der Waals surface area contributed by atoms with E-state index in [-0.39, 0.29) is 18.7 Å². The molecule has 0 bridgehead atoms. The molecule has 2 aromatic rings. The van der Waals surface area contributed by atoms with Gasteiger partial charge >= 0.3 is 0 Å². The smallest absolute Gasteiger partial charge is 0.262 e. The van der Waals surface area contributed by atoms with E-state index >= 15 is 0 Å². The maximum Gasteiger partial charge on any atom is 0.262 e. The minimum absolute atomic E-state index is 0.0217. The Balaban J connectivity index is 2.45. The van der Waals surface area contributed by atoms with Gasteiger partial charge in [0, 0.05) is 23.6 Å². The predicted molar refractivity (Wildman–Crippen MR) is 93.7 cm³/mol. The number of hydrogen-bond donors (Lipinski definition) is 2. The molecular weight excluding hydrogens is 302 g/mol. The van der Waals surface area contributed by atoms with Crippen LogP contribution < -0.4 is 5.32 Å². The number of aryl methyl sites for hydroxylation is 2. The number of amides is 1. The zero-order valence-electron chi connectivity index (χ0n) is 14.1. The molecule has 0 aliphatic carbocycles. The fraction of sp³-hybridized carbons (Fsp3) is 0.263. The van der Waals surface area contributed by atoms with Crippen LogP contribution in [0, 0.1) is 32.1 Å². The van der Waals surface area contributed by atoms with Crippen molar-refractivity contribution >= 4 is 12.0 Å². The summed E-state index contributed by atoms with van der Waals surface area (Å²) in [6, 6.07) is 12.0. The summed E-state index contributed by atoms with van der Waals surface area (Å²) in [5, 5.41) is 20.5. The van der Waals surface area contributed by atoms with Crippen LogP contribution >= 0.6 is 0 Å². The summed E-state index contributed by atoms with van der Waals surface area (Å²) >= 11 is 0. The van der Waals surface area contributed by atoms with E-state index in [4.69, 9.17) is 5.11 Å². The van der Waals surface area contributed by atoms with E-state index in [9.17, 15) is 10.1 Å². The van der Waals surface area contributed by atoms with Crippen molar-refractivity contribution in [2.45, 2.75) is 20.8 Å². The van der Waals surface area contributed by atoms with Crippen molar-refractivity contribution in [1.29, 1.82) is 5.26 Å². The third-order valence-electron chi connectivity index (χ3n) is 3.89. The summed E-state index contributed by atoms with van der Waals surface area (Å²) < 4.78 is 2.11. The number of aliphatic hydroxyl groups excluding tert-OH is 1. The molecule has 24 heavy (non-hydrogen) atoms. The molecule has 0 spiro atoms. The second-order valence-corrected chi connectivity index (χ2v) is 5.60. The van der Waals surface area contributed by atoms with Crippen LogP contribution in [0.4, 0.5) is 0 Å². The molecule has 0 unspecified atom stereocenters. The van der Waals surface area contributed by atoms with Gasteiger partial charge in [0.15, 0.2) is 0 Å². The third-order valence-corrected chi connectivity index (χ3v) is 3.89. The number of nitriles is 1. The Morgan fingerprint density at radius 1 is 1.33 bits per heavy atom. The molecule has 1 amide bonds. The average molecular weight is 323 g/mol. The molecule has 5 heteroatoms. The minimum atomic E-state index is -0.479. The fourth-order valence-corrected chi connectivity index (χ4v) is 2.69. The van der Waals surface area contributed by atoms with Crippen LogP contribution in [0.2, 0.25) is 0 Å². The molecule has 1 aromatic heterocycles. The summed E-state index contributed by atoms with van der Waals surface area (Å²) in [6.45, 7) is 5.97. The Hall–Kier alpha value is -2.84. The van der Waals surface area contributed by atoms with Crippen LogP contribution in [0.15, 0.2) is 35.9 Å². The number of hydrogen-bond acceptors (Lipinski definition) is 3. The molecule has 0 aliphatic rings. The topological polar surface area (TPSA) is 78.0 Å². The van der Waals surface area contributed by atoms with Gasteiger partial charge in [0.25, 0.3) is 5.91 Å². The highest BCUT2D eigenvalue weighted by molar-refractivity contribution is 6.01. The standard InChI is InChI=1S/C19H21N3O2/c1-13-6-4-5-7-18(13)22-14(2)10-16(15(22)3)11-17(12-20)19(24)21-8-9-23/h4-7,10-11,23H,8-9H2,1-3H3,(H,21,24)/b17-11-. The molecule has 124 valence electrons. The summed E-state index contributed by atoms with van der Waals surface area (Å²) in [5.74, 6) is -0.479. The Kier molecular flexibility index (Phi) is 5.56. The van der Waals surface area contributed by atoms with E-state index in [2.05, 4.69) is 9.88 Å². The van der Waals surface area contributed by atoms with Gasteiger partial charge < -0.3 is 15.0 Å². The third kappa shape index (κ3) is 3.55. The average Bonchev–Trinajstić information content (AvgIpc) is 2.84. The van der Waals surface area contributed by atoms with Gasteiger partial charge in [0.05, 0.1) is 6.61 Å². The lowest BCUT2D eigenvalue weighted by atomic mass is 10.1. The molecule has 0 saturated heterocycles. The highest BCUT2D eigenvalue weighted by atomic mass is 16.3. The number of nitrogens with one attached hydrogen (secondary N) is 1. The SMILES string of the molecule is Cc1ccccc1-n1c(C)cc(/C=C(/C#N)C(=O)NCCO)c1C. The quantitative estimate of drug-likeness (QED) is 0.655. The van der Waals surface area contributed by atoms with Gasteiger partial charge in [-0.25, -0.2) is 0 Å². The molecule has 1 heterocycles. The van der Waals surface area contributed by atoms with Crippen molar-refractivity contribution in [3.63, 3.8) is 0 Å². The molecule has 1 aromatic carbocycles. The van der Waals surface area contributed by atoms with E-state index in [1.807, 2.05) is 57.2 Å². The van der Waals surface area contributed by atoms with Crippen molar-refractivity contribution in [2.75, 3.05) is 13.2 Å². The largest absolute Gasteiger partial charge is 0.395 e. The van der Waals surface area contributed by atoms with E-state index < -0.39 is 5.91 Å². The molecule has 0 radical (unpaired) electrons. The number of carbonyl (C=O) groups excluding carboxylic acids is 1. The number of para-hydroxylation sites is 1. The summed E-state index contributed by atoms with van der Waals surface area (Å²) in [6.07, 6.45) is 1.59. The van der Waals surface area contributed by atoms with Gasteiger partial charge in [0.2, 0.25) is 0 Å². The maximum absolute atomic E-state index is 11.9. The van der Waals surface area contributed by atoms with E-state index in [0.29, 0.717) is 0 Å². The fourth-order valence-electron chi connectivity index (χ4n) is 2.69. The van der Waals surface area contributed by atoms with Crippen molar-refractivity contribution < 1.29 is 9.90 Å². The first kappa shape index (κ1) is 17.5. The highest BCUT2D eigenvalue weighted by Gasteiger charge is 2.14. The van der Waals surface area contributed by atoms with Crippen molar-refractivity contribution in [2.24, 2.45) is 0 Å². The highest BCUT2D eigenvalue weighted by Crippen LogP contribution is 2.24. The molecular formula is C19H21N3O2. The maximum atomic E-state index is 11.9. The van der Waals surface area contributed by atoms with Crippen LogP contribution in [0.3, 0.4) is 0 Å². The van der Waals surface area contributed by atoms with Crippen LogP contribution in [-0.2, 0) is 4.79 Å². The second-order valence-electron chi connectivity index (χ2n) is 5.60. The summed E-state index contributed by atoms with van der Waals surface area (Å²) in [4.78, 5) is 11.9. The zero-order chi connectivity index (χ0) is 17.7. The van der Waals surface area contributed by atoms with E-state index in [0.717, 1.165) is 28.2 Å². The number of aliphatic hydroxyl groups is 1. The normalized spacial score (nSPS) is 11.2. The Bertz CT molecular complexity index is 826. The molecule has 0 fully saturated rings. The first-order valence-electron chi connectivity index (χ1n) is 7.75. The van der Waals surface area contributed by atoms with Crippen LogP contribution in [0.1, 0.15) is 22.5 Å². The Morgan fingerprint density at radius 2 is 2.04 bits per heavy atom. The predicted octanol–water partition coefficient (Wildman–Crippen LogP) is 2.42. The first-order valence-corrected chi connectivity index (χ1v) is 7.75. The molecule has 2 N–H and O–H groups in total. The lowest BCUT2D eigenvalue weighted by Gasteiger charge is -2.12.